The van der Waals surface area contributed by atoms with Gasteiger partial charge in [0.15, 0.2) is 0 Å². The summed E-state index contributed by atoms with van der Waals surface area (Å²) in [6, 6.07) is 6.65. The Morgan fingerprint density at radius 3 is 2.27 bits per heavy atom. The summed E-state index contributed by atoms with van der Waals surface area (Å²) < 4.78 is 32.4. The molecular weight excluding hydrogens is 425 g/mol. The molecule has 10 heteroatoms. The summed E-state index contributed by atoms with van der Waals surface area (Å²) in [5.41, 5.74) is -0.0362. The number of rotatable bonds is 6. The van der Waals surface area contributed by atoms with Crippen molar-refractivity contribution in [2.24, 2.45) is 0 Å². The highest BCUT2D eigenvalue weighted by Gasteiger charge is 2.36. The molecule has 140 valence electrons. The van der Waals surface area contributed by atoms with E-state index in [1.54, 1.807) is 0 Å². The Morgan fingerprint density at radius 1 is 1.12 bits per heavy atom. The molecule has 1 unspecified atom stereocenters. The summed E-state index contributed by atoms with van der Waals surface area (Å²) >= 11 is 17.9. The van der Waals surface area contributed by atoms with Crippen LogP contribution in [0.4, 0.5) is 5.69 Å². The second-order valence-corrected chi connectivity index (χ2v) is 8.27. The lowest BCUT2D eigenvalue weighted by atomic mass is 10.2. The zero-order valence-electron chi connectivity index (χ0n) is 13.6. The predicted octanol–water partition coefficient (Wildman–Crippen LogP) is 4.32. The fourth-order valence-electron chi connectivity index (χ4n) is 2.26. The number of carbonyl (C=O) groups is 1. The van der Waals surface area contributed by atoms with Crippen LogP contribution in [0, 0.1) is 0 Å². The van der Waals surface area contributed by atoms with Gasteiger partial charge in [0.2, 0.25) is 0 Å². The average molecular weight is 439 g/mol. The Hall–Kier alpha value is -1.67. The third-order valence-electron chi connectivity index (χ3n) is 3.52. The lowest BCUT2D eigenvalue weighted by molar-refractivity contribution is -0.137. The number of hydrogen-bond acceptors (Lipinski definition) is 4. The van der Waals surface area contributed by atoms with E-state index in [-0.39, 0.29) is 31.4 Å². The number of halogens is 3. The SMILES string of the molecule is COc1ccc(Cl)cc1N(C(C)C(=O)O)S(=O)(=O)c1cc(Cl)ccc1Cl. The molecule has 6 nitrogen and oxygen atoms in total. The van der Waals surface area contributed by atoms with Crippen LogP contribution in [0.2, 0.25) is 15.1 Å². The van der Waals surface area contributed by atoms with Gasteiger partial charge in [0, 0.05) is 10.0 Å². The molecule has 0 aliphatic rings. The Morgan fingerprint density at radius 2 is 1.69 bits per heavy atom. The number of hydrogen-bond donors (Lipinski definition) is 1. The van der Waals surface area contributed by atoms with Crippen LogP contribution < -0.4 is 9.04 Å². The predicted molar refractivity (Wildman–Crippen MR) is 101 cm³/mol. The van der Waals surface area contributed by atoms with E-state index < -0.39 is 22.0 Å². The molecule has 0 aliphatic carbocycles. The summed E-state index contributed by atoms with van der Waals surface area (Å²) in [7, 11) is -3.07. The van der Waals surface area contributed by atoms with Gasteiger partial charge in [0.1, 0.15) is 16.7 Å². The van der Waals surface area contributed by atoms with Crippen LogP contribution in [-0.4, -0.2) is 32.6 Å². The van der Waals surface area contributed by atoms with E-state index in [0.717, 1.165) is 6.07 Å². The first-order chi connectivity index (χ1) is 12.1. The van der Waals surface area contributed by atoms with Crippen LogP contribution in [0.5, 0.6) is 5.75 Å². The summed E-state index contributed by atoms with van der Waals surface area (Å²) in [5.74, 6) is -1.24. The first-order valence-electron chi connectivity index (χ1n) is 7.15. The number of benzene rings is 2. The molecule has 2 rings (SSSR count). The molecule has 2 aromatic rings. The van der Waals surface area contributed by atoms with E-state index in [1.165, 1.54) is 44.4 Å². The molecule has 0 spiro atoms. The maximum Gasteiger partial charge on any atom is 0.327 e. The number of ether oxygens (including phenoxy) is 1. The first-order valence-corrected chi connectivity index (χ1v) is 9.72. The molecule has 1 atom stereocenters. The average Bonchev–Trinajstić information content (AvgIpc) is 2.57. The monoisotopic (exact) mass is 437 g/mol. The van der Waals surface area contributed by atoms with Crippen molar-refractivity contribution >= 4 is 56.5 Å². The zero-order chi connectivity index (χ0) is 19.6. The summed E-state index contributed by atoms with van der Waals surface area (Å²) in [5, 5.41) is 9.68. The summed E-state index contributed by atoms with van der Waals surface area (Å²) in [6.07, 6.45) is 0. The van der Waals surface area contributed by atoms with Crippen molar-refractivity contribution in [3.63, 3.8) is 0 Å². The van der Waals surface area contributed by atoms with E-state index in [9.17, 15) is 18.3 Å². The molecule has 0 saturated carbocycles. The van der Waals surface area contributed by atoms with Gasteiger partial charge in [-0.1, -0.05) is 34.8 Å². The highest BCUT2D eigenvalue weighted by atomic mass is 35.5. The van der Waals surface area contributed by atoms with Crippen LogP contribution in [0.1, 0.15) is 6.92 Å². The fourth-order valence-corrected chi connectivity index (χ4v) is 4.79. The molecule has 1 N–H and O–H groups in total. The van der Waals surface area contributed by atoms with Crippen molar-refractivity contribution in [3.05, 3.63) is 51.5 Å². The quantitative estimate of drug-likeness (QED) is 0.726. The van der Waals surface area contributed by atoms with Crippen LogP contribution >= 0.6 is 34.8 Å². The number of methoxy groups -OCH3 is 1. The van der Waals surface area contributed by atoms with Crippen molar-refractivity contribution in [2.75, 3.05) is 11.4 Å². The lowest BCUT2D eigenvalue weighted by Gasteiger charge is -2.29. The topological polar surface area (TPSA) is 83.9 Å². The highest BCUT2D eigenvalue weighted by Crippen LogP contribution is 2.38. The fraction of sp³-hybridized carbons (Fsp3) is 0.188. The van der Waals surface area contributed by atoms with E-state index in [4.69, 9.17) is 39.5 Å². The number of anilines is 1. The smallest absolute Gasteiger partial charge is 0.327 e. The Labute approximate surface area is 165 Å². The number of nitrogens with zero attached hydrogens (tertiary/aromatic N) is 1. The second-order valence-electron chi connectivity index (χ2n) is 5.21. The number of aliphatic carboxylic acids is 1. The van der Waals surface area contributed by atoms with E-state index >= 15 is 0 Å². The second kappa shape index (κ2) is 7.92. The maximum atomic E-state index is 13.3. The lowest BCUT2D eigenvalue weighted by Crippen LogP contribution is -2.43. The molecule has 0 aliphatic heterocycles. The van der Waals surface area contributed by atoms with Crippen molar-refractivity contribution < 1.29 is 23.1 Å². The van der Waals surface area contributed by atoms with Crippen molar-refractivity contribution in [1.29, 1.82) is 0 Å². The molecule has 0 radical (unpaired) electrons. The van der Waals surface area contributed by atoms with Gasteiger partial charge in [-0.25, -0.2) is 17.5 Å². The number of sulfonamides is 1. The minimum Gasteiger partial charge on any atom is -0.495 e. The molecule has 0 fully saturated rings. The zero-order valence-corrected chi connectivity index (χ0v) is 16.7. The third-order valence-corrected chi connectivity index (χ3v) is 6.35. The van der Waals surface area contributed by atoms with Gasteiger partial charge in [-0.05, 0) is 43.3 Å². The first kappa shape index (κ1) is 20.6. The molecular formula is C16H14Cl3NO5S. The molecule has 2 aromatic carbocycles. The Balaban J connectivity index is 2.80. The van der Waals surface area contributed by atoms with Crippen LogP contribution in [-0.2, 0) is 14.8 Å². The van der Waals surface area contributed by atoms with Crippen molar-refractivity contribution in [2.45, 2.75) is 17.9 Å². The standard InChI is InChI=1S/C16H14Cl3NO5S/c1-9(16(21)22)20(13-7-10(17)4-6-14(13)25-2)26(23,24)15-8-11(18)3-5-12(15)19/h3-9H,1-2H3,(H,21,22). The number of carboxylic acid groups (broad SMARTS) is 1. The molecule has 0 amide bonds. The van der Waals surface area contributed by atoms with E-state index in [0.29, 0.717) is 4.31 Å². The van der Waals surface area contributed by atoms with Crippen molar-refractivity contribution in [1.82, 2.24) is 0 Å². The Bertz CT molecular complexity index is 949. The van der Waals surface area contributed by atoms with Crippen molar-refractivity contribution in [3.8, 4) is 5.75 Å². The largest absolute Gasteiger partial charge is 0.495 e. The van der Waals surface area contributed by atoms with Gasteiger partial charge in [0.25, 0.3) is 10.0 Å². The molecule has 0 saturated heterocycles. The molecule has 0 heterocycles. The van der Waals surface area contributed by atoms with Gasteiger partial charge in [-0.15, -0.1) is 0 Å². The third kappa shape index (κ3) is 4.01. The summed E-state index contributed by atoms with van der Waals surface area (Å²) in [4.78, 5) is 11.3. The molecule has 0 aromatic heterocycles. The van der Waals surface area contributed by atoms with Gasteiger partial charge in [-0.2, -0.15) is 0 Å². The minimum absolute atomic E-state index is 0.0362. The van der Waals surface area contributed by atoms with Gasteiger partial charge in [-0.3, -0.25) is 0 Å². The Kier molecular flexibility index (Phi) is 6.29. The van der Waals surface area contributed by atoms with Crippen LogP contribution in [0.3, 0.4) is 0 Å². The van der Waals surface area contributed by atoms with Crippen LogP contribution in [0.15, 0.2) is 41.3 Å². The molecule has 26 heavy (non-hydrogen) atoms. The normalized spacial score (nSPS) is 12.5. The van der Waals surface area contributed by atoms with Gasteiger partial charge < -0.3 is 9.84 Å². The molecule has 0 bridgehead atoms. The maximum absolute atomic E-state index is 13.3. The minimum atomic E-state index is -4.40. The van der Waals surface area contributed by atoms with Gasteiger partial charge >= 0.3 is 5.97 Å². The van der Waals surface area contributed by atoms with Gasteiger partial charge in [0.05, 0.1) is 17.8 Å². The van der Waals surface area contributed by atoms with Crippen LogP contribution in [0.25, 0.3) is 0 Å². The summed E-state index contributed by atoms with van der Waals surface area (Å²) in [6.45, 7) is 1.22. The van der Waals surface area contributed by atoms with E-state index in [1.807, 2.05) is 0 Å². The highest BCUT2D eigenvalue weighted by molar-refractivity contribution is 7.93. The number of carboxylic acids is 1. The van der Waals surface area contributed by atoms with E-state index in [2.05, 4.69) is 0 Å².